The van der Waals surface area contributed by atoms with E-state index in [0.29, 0.717) is 21.9 Å². The summed E-state index contributed by atoms with van der Waals surface area (Å²) in [5.74, 6) is -0.744. The number of halogens is 1. The summed E-state index contributed by atoms with van der Waals surface area (Å²) in [6.45, 7) is 9.72. The van der Waals surface area contributed by atoms with E-state index in [1.807, 2.05) is 82.3 Å². The van der Waals surface area contributed by atoms with Crippen LogP contribution in [0.3, 0.4) is 0 Å². The summed E-state index contributed by atoms with van der Waals surface area (Å²) in [5, 5.41) is 0.693. The van der Waals surface area contributed by atoms with E-state index in [9.17, 15) is 9.59 Å². The smallest absolute Gasteiger partial charge is 0.340 e. The average Bonchev–Trinajstić information content (AvgIpc) is 3.26. The molecule has 1 aliphatic rings. The third kappa shape index (κ3) is 4.32. The van der Waals surface area contributed by atoms with Gasteiger partial charge in [-0.1, -0.05) is 48.0 Å². The van der Waals surface area contributed by atoms with Gasteiger partial charge >= 0.3 is 5.97 Å². The van der Waals surface area contributed by atoms with E-state index in [1.165, 1.54) is 7.11 Å². The van der Waals surface area contributed by atoms with Crippen LogP contribution in [0.25, 0.3) is 11.8 Å². The third-order valence-electron chi connectivity index (χ3n) is 6.68. The Hall–Kier alpha value is -3.57. The Morgan fingerprint density at radius 2 is 1.71 bits per heavy atom. The van der Waals surface area contributed by atoms with Crippen molar-refractivity contribution in [1.29, 1.82) is 0 Å². The van der Waals surface area contributed by atoms with Crippen LogP contribution in [0.2, 0.25) is 5.02 Å². The van der Waals surface area contributed by atoms with Gasteiger partial charge in [-0.05, 0) is 75.6 Å². The maximum absolute atomic E-state index is 13.7. The topological polar surface area (TPSA) is 51.5 Å². The van der Waals surface area contributed by atoms with E-state index in [2.05, 4.69) is 4.57 Å². The van der Waals surface area contributed by atoms with Crippen LogP contribution in [-0.2, 0) is 14.3 Å². The zero-order valence-corrected chi connectivity index (χ0v) is 21.6. The number of rotatable bonds is 5. The van der Waals surface area contributed by atoms with E-state index < -0.39 is 5.97 Å². The summed E-state index contributed by atoms with van der Waals surface area (Å²) in [7, 11) is 1.33. The van der Waals surface area contributed by atoms with Gasteiger partial charge in [-0.25, -0.2) is 4.79 Å². The van der Waals surface area contributed by atoms with E-state index in [4.69, 9.17) is 16.3 Å². The summed E-state index contributed by atoms with van der Waals surface area (Å²) in [6.07, 6.45) is 1.80. The molecule has 6 heteroatoms. The predicted octanol–water partition coefficient (Wildman–Crippen LogP) is 6.49. The highest BCUT2D eigenvalue weighted by Crippen LogP contribution is 2.38. The van der Waals surface area contributed by atoms with Gasteiger partial charge in [-0.2, -0.15) is 0 Å². The minimum atomic E-state index is -0.524. The number of allylic oxidation sites excluding steroid dienone is 1. The van der Waals surface area contributed by atoms with E-state index in [-0.39, 0.29) is 11.9 Å². The second-order valence-electron chi connectivity index (χ2n) is 8.87. The molecule has 180 valence electrons. The Morgan fingerprint density at radius 3 is 2.34 bits per heavy atom. The lowest BCUT2D eigenvalue weighted by Gasteiger charge is -2.26. The molecule has 0 fully saturated rings. The van der Waals surface area contributed by atoms with E-state index in [0.717, 1.165) is 33.8 Å². The number of aromatic nitrogens is 1. The highest BCUT2D eigenvalue weighted by Gasteiger charge is 2.39. The molecule has 1 aromatic heterocycles. The van der Waals surface area contributed by atoms with Crippen molar-refractivity contribution in [2.75, 3.05) is 7.11 Å². The number of methoxy groups -OCH3 is 1. The number of nitrogens with zero attached hydrogens (tertiary/aromatic N) is 2. The van der Waals surface area contributed by atoms with E-state index in [1.54, 1.807) is 17.9 Å². The molecule has 1 atom stereocenters. The summed E-state index contributed by atoms with van der Waals surface area (Å²) in [5.41, 5.74) is 6.94. The van der Waals surface area contributed by atoms with Crippen molar-refractivity contribution in [1.82, 2.24) is 9.47 Å². The predicted molar refractivity (Wildman–Crippen MR) is 139 cm³/mol. The molecule has 0 unspecified atom stereocenters. The molecule has 1 aliphatic heterocycles. The van der Waals surface area contributed by atoms with Gasteiger partial charge < -0.3 is 14.2 Å². The molecule has 4 rings (SSSR count). The number of benzene rings is 2. The maximum Gasteiger partial charge on any atom is 0.340 e. The molecule has 0 bridgehead atoms. The average molecular weight is 489 g/mol. The minimum absolute atomic E-state index is 0.220. The highest BCUT2D eigenvalue weighted by atomic mass is 35.5. The van der Waals surface area contributed by atoms with Crippen LogP contribution in [0.1, 0.15) is 48.0 Å². The number of hydrogen-bond acceptors (Lipinski definition) is 3. The van der Waals surface area contributed by atoms with Gasteiger partial charge in [0.2, 0.25) is 0 Å². The van der Waals surface area contributed by atoms with Crippen molar-refractivity contribution < 1.29 is 14.3 Å². The first-order chi connectivity index (χ1) is 16.6. The normalized spacial score (nSPS) is 15.8. The molecule has 3 aromatic rings. The van der Waals surface area contributed by atoms with Gasteiger partial charge in [0.05, 0.1) is 24.3 Å². The summed E-state index contributed by atoms with van der Waals surface area (Å²) in [6, 6.07) is 17.5. The second-order valence-corrected chi connectivity index (χ2v) is 9.27. The number of carbonyl (C=O) groups is 2. The number of ether oxygens (including phenoxy) is 1. The molecule has 2 aromatic carbocycles. The standard InChI is InChI=1S/C29H29ClN2O3/c1-17-12-13-24(16-26(17)30)31-18(2)14-23(20(31)4)15-25-27(29(34)35-6)21(5)32(28(25)33)19(3)22-10-8-7-9-11-22/h7-16,19H,1-6H3/b25-15-/t19-/m0/s1. The monoisotopic (exact) mass is 488 g/mol. The molecule has 0 radical (unpaired) electrons. The SMILES string of the molecule is COC(=O)C1=C(C)N([C@@H](C)c2ccccc2)C(=O)/C1=C\c1cc(C)n(-c2ccc(C)c(Cl)c2)c1C. The minimum Gasteiger partial charge on any atom is -0.465 e. The van der Waals surface area contributed by atoms with Gasteiger partial charge in [-0.3, -0.25) is 4.79 Å². The fourth-order valence-corrected chi connectivity index (χ4v) is 4.93. The number of aryl methyl sites for hydroxylation is 2. The molecule has 2 heterocycles. The fraction of sp³-hybridized carbons (Fsp3) is 0.241. The van der Waals surface area contributed by atoms with Crippen molar-refractivity contribution in [3.05, 3.63) is 105 Å². The Bertz CT molecular complexity index is 1380. The van der Waals surface area contributed by atoms with Crippen molar-refractivity contribution in [3.8, 4) is 5.69 Å². The molecule has 0 aliphatic carbocycles. The van der Waals surface area contributed by atoms with Crippen molar-refractivity contribution in [3.63, 3.8) is 0 Å². The van der Waals surface area contributed by atoms with Crippen LogP contribution in [0.15, 0.2) is 71.4 Å². The van der Waals surface area contributed by atoms with Gasteiger partial charge in [0.15, 0.2) is 0 Å². The third-order valence-corrected chi connectivity index (χ3v) is 7.09. The Labute approximate surface area is 211 Å². The van der Waals surface area contributed by atoms with Gasteiger partial charge in [0, 0.05) is 27.8 Å². The quantitative estimate of drug-likeness (QED) is 0.304. The molecular weight excluding hydrogens is 460 g/mol. The van der Waals surface area contributed by atoms with Crippen LogP contribution < -0.4 is 0 Å². The number of carbonyl (C=O) groups excluding carboxylic acids is 2. The van der Waals surface area contributed by atoms with Crippen molar-refractivity contribution in [2.24, 2.45) is 0 Å². The zero-order valence-electron chi connectivity index (χ0n) is 20.8. The molecule has 0 saturated heterocycles. The Kier molecular flexibility index (Phi) is 6.73. The van der Waals surface area contributed by atoms with Crippen LogP contribution in [-0.4, -0.2) is 28.5 Å². The molecule has 0 saturated carbocycles. The molecule has 0 N–H and O–H groups in total. The first-order valence-electron chi connectivity index (χ1n) is 11.5. The first kappa shape index (κ1) is 24.6. The highest BCUT2D eigenvalue weighted by molar-refractivity contribution is 6.31. The van der Waals surface area contributed by atoms with Crippen LogP contribution in [0.4, 0.5) is 0 Å². The van der Waals surface area contributed by atoms with Gasteiger partial charge in [0.1, 0.15) is 0 Å². The lowest BCUT2D eigenvalue weighted by Crippen LogP contribution is -2.28. The second kappa shape index (κ2) is 9.59. The summed E-state index contributed by atoms with van der Waals surface area (Å²) < 4.78 is 7.16. The van der Waals surface area contributed by atoms with Crippen LogP contribution >= 0.6 is 11.6 Å². The molecule has 0 spiro atoms. The maximum atomic E-state index is 13.7. The largest absolute Gasteiger partial charge is 0.465 e. The lowest BCUT2D eigenvalue weighted by molar-refractivity contribution is -0.136. The van der Waals surface area contributed by atoms with Crippen molar-refractivity contribution >= 4 is 29.6 Å². The number of amides is 1. The Morgan fingerprint density at radius 1 is 1.03 bits per heavy atom. The molecular formula is C29H29ClN2O3. The number of hydrogen-bond donors (Lipinski definition) is 0. The van der Waals surface area contributed by atoms with Crippen LogP contribution in [0, 0.1) is 20.8 Å². The molecule has 5 nitrogen and oxygen atoms in total. The van der Waals surface area contributed by atoms with Gasteiger partial charge in [0.25, 0.3) is 5.91 Å². The summed E-state index contributed by atoms with van der Waals surface area (Å²) >= 11 is 6.38. The Balaban J connectivity index is 1.82. The summed E-state index contributed by atoms with van der Waals surface area (Å²) in [4.78, 5) is 28.2. The molecule has 35 heavy (non-hydrogen) atoms. The van der Waals surface area contributed by atoms with Crippen molar-refractivity contribution in [2.45, 2.75) is 40.7 Å². The van der Waals surface area contributed by atoms with E-state index >= 15 is 0 Å². The number of esters is 1. The molecule has 1 amide bonds. The lowest BCUT2D eigenvalue weighted by atomic mass is 10.0. The van der Waals surface area contributed by atoms with Crippen LogP contribution in [0.5, 0.6) is 0 Å². The zero-order chi connectivity index (χ0) is 25.4. The fourth-order valence-electron chi connectivity index (χ4n) is 4.75. The van der Waals surface area contributed by atoms with Gasteiger partial charge in [-0.15, -0.1) is 0 Å². The first-order valence-corrected chi connectivity index (χ1v) is 11.9.